The number of aryl methyl sites for hydroxylation is 2. The van der Waals surface area contributed by atoms with Crippen molar-refractivity contribution in [2.24, 2.45) is 0 Å². The minimum atomic E-state index is 0.170. The molecule has 1 aromatic carbocycles. The van der Waals surface area contributed by atoms with Crippen molar-refractivity contribution in [3.8, 4) is 11.3 Å². The molecule has 0 bridgehead atoms. The molecule has 0 fully saturated rings. The van der Waals surface area contributed by atoms with Gasteiger partial charge in [-0.15, -0.1) is 0 Å². The highest BCUT2D eigenvalue weighted by Crippen LogP contribution is 2.30. The summed E-state index contributed by atoms with van der Waals surface area (Å²) in [6.45, 7) is 10.8. The fraction of sp³-hybridized carbons (Fsp3) is 0.400. The van der Waals surface area contributed by atoms with Crippen LogP contribution in [-0.4, -0.2) is 9.97 Å². The molecular weight excluding hydrogens is 222 g/mol. The van der Waals surface area contributed by atoms with Gasteiger partial charge in [0, 0.05) is 11.3 Å². The number of benzene rings is 1. The van der Waals surface area contributed by atoms with E-state index in [1.165, 1.54) is 11.1 Å². The third kappa shape index (κ3) is 2.26. The van der Waals surface area contributed by atoms with Crippen LogP contribution in [0, 0.1) is 13.8 Å². The number of rotatable bonds is 1. The van der Waals surface area contributed by atoms with Crippen LogP contribution in [-0.2, 0) is 5.41 Å². The average molecular weight is 243 g/mol. The number of anilines is 1. The summed E-state index contributed by atoms with van der Waals surface area (Å²) in [5.41, 5.74) is 11.5. The van der Waals surface area contributed by atoms with Gasteiger partial charge in [0.05, 0.1) is 5.69 Å². The maximum absolute atomic E-state index is 5.70. The van der Waals surface area contributed by atoms with Crippen LogP contribution < -0.4 is 5.73 Å². The van der Waals surface area contributed by atoms with Crippen molar-refractivity contribution in [2.45, 2.75) is 40.0 Å². The Morgan fingerprint density at radius 3 is 2.28 bits per heavy atom. The van der Waals surface area contributed by atoms with Crippen molar-refractivity contribution < 1.29 is 0 Å². The molecule has 0 saturated carbocycles. The summed E-state index contributed by atoms with van der Waals surface area (Å²) >= 11 is 0. The number of imidazole rings is 1. The number of H-pyrrole nitrogens is 1. The summed E-state index contributed by atoms with van der Waals surface area (Å²) in [6, 6.07) is 6.55. The lowest BCUT2D eigenvalue weighted by atomic mass is 9.85. The van der Waals surface area contributed by atoms with Crippen LogP contribution in [0.2, 0.25) is 0 Å². The maximum atomic E-state index is 5.70. The van der Waals surface area contributed by atoms with E-state index in [0.29, 0.717) is 5.95 Å². The van der Waals surface area contributed by atoms with Crippen LogP contribution in [0.1, 0.15) is 37.6 Å². The SMILES string of the molecule is Cc1cc(C(C)(C)C)ccc1-c1nc(N)[nH]c1C. The van der Waals surface area contributed by atoms with Crippen molar-refractivity contribution in [1.29, 1.82) is 0 Å². The molecule has 0 saturated heterocycles. The number of nitrogen functional groups attached to an aromatic ring is 1. The van der Waals surface area contributed by atoms with Crippen LogP contribution in [0.4, 0.5) is 5.95 Å². The van der Waals surface area contributed by atoms with E-state index in [-0.39, 0.29) is 5.41 Å². The van der Waals surface area contributed by atoms with Gasteiger partial charge in [-0.1, -0.05) is 39.0 Å². The summed E-state index contributed by atoms with van der Waals surface area (Å²) in [7, 11) is 0. The number of aromatic amines is 1. The second kappa shape index (κ2) is 4.16. The fourth-order valence-corrected chi connectivity index (χ4v) is 2.14. The molecule has 1 aromatic heterocycles. The molecule has 3 heteroatoms. The summed E-state index contributed by atoms with van der Waals surface area (Å²) in [5, 5.41) is 0. The summed E-state index contributed by atoms with van der Waals surface area (Å²) in [4.78, 5) is 7.40. The van der Waals surface area contributed by atoms with Crippen LogP contribution in [0.15, 0.2) is 18.2 Å². The van der Waals surface area contributed by atoms with Gasteiger partial charge < -0.3 is 10.7 Å². The molecule has 0 radical (unpaired) electrons. The van der Waals surface area contributed by atoms with E-state index in [9.17, 15) is 0 Å². The zero-order valence-corrected chi connectivity index (χ0v) is 11.8. The molecular formula is C15H21N3. The third-order valence-corrected chi connectivity index (χ3v) is 3.25. The second-order valence-corrected chi connectivity index (χ2v) is 5.88. The topological polar surface area (TPSA) is 54.7 Å². The molecule has 0 amide bonds. The Labute approximate surface area is 108 Å². The van der Waals surface area contributed by atoms with E-state index in [1.54, 1.807) is 0 Å². The molecule has 18 heavy (non-hydrogen) atoms. The van der Waals surface area contributed by atoms with Crippen molar-refractivity contribution >= 4 is 5.95 Å². The van der Waals surface area contributed by atoms with E-state index < -0.39 is 0 Å². The van der Waals surface area contributed by atoms with Gasteiger partial charge in [0.1, 0.15) is 0 Å². The predicted octanol–water partition coefficient (Wildman–Crippen LogP) is 3.57. The van der Waals surface area contributed by atoms with Gasteiger partial charge in [0.25, 0.3) is 0 Å². The molecule has 0 aliphatic carbocycles. The number of hydrogen-bond acceptors (Lipinski definition) is 2. The highest BCUT2D eigenvalue weighted by atomic mass is 15.0. The summed E-state index contributed by atoms with van der Waals surface area (Å²) < 4.78 is 0. The molecule has 0 aliphatic heterocycles. The Kier molecular flexibility index (Phi) is 2.93. The third-order valence-electron chi connectivity index (χ3n) is 3.25. The molecule has 2 rings (SSSR count). The lowest BCUT2D eigenvalue weighted by molar-refractivity contribution is 0.590. The maximum Gasteiger partial charge on any atom is 0.198 e. The zero-order chi connectivity index (χ0) is 13.5. The van der Waals surface area contributed by atoms with Gasteiger partial charge in [0.2, 0.25) is 0 Å². The normalized spacial score (nSPS) is 11.8. The Morgan fingerprint density at radius 2 is 1.83 bits per heavy atom. The van der Waals surface area contributed by atoms with Gasteiger partial charge in [0.15, 0.2) is 5.95 Å². The Balaban J connectivity index is 2.51. The minimum Gasteiger partial charge on any atom is -0.369 e. The molecule has 0 unspecified atom stereocenters. The van der Waals surface area contributed by atoms with Crippen molar-refractivity contribution in [3.05, 3.63) is 35.0 Å². The van der Waals surface area contributed by atoms with E-state index in [4.69, 9.17) is 5.73 Å². The zero-order valence-electron chi connectivity index (χ0n) is 11.8. The van der Waals surface area contributed by atoms with E-state index in [1.807, 2.05) is 6.92 Å². The summed E-state index contributed by atoms with van der Waals surface area (Å²) in [5.74, 6) is 0.474. The number of aromatic nitrogens is 2. The standard InChI is InChI=1S/C15H21N3/c1-9-8-11(15(3,4)5)6-7-12(9)13-10(2)17-14(16)18-13/h6-8H,1-5H3,(H3,16,17,18). The number of nitrogens with one attached hydrogen (secondary N) is 1. The van der Waals surface area contributed by atoms with Gasteiger partial charge >= 0.3 is 0 Å². The second-order valence-electron chi connectivity index (χ2n) is 5.88. The van der Waals surface area contributed by atoms with Crippen LogP contribution in [0.5, 0.6) is 0 Å². The van der Waals surface area contributed by atoms with Crippen LogP contribution in [0.25, 0.3) is 11.3 Å². The lowest BCUT2D eigenvalue weighted by Crippen LogP contribution is -2.11. The number of hydrogen-bond donors (Lipinski definition) is 2. The highest BCUT2D eigenvalue weighted by molar-refractivity contribution is 5.67. The molecule has 2 aromatic rings. The van der Waals surface area contributed by atoms with Crippen LogP contribution >= 0.6 is 0 Å². The highest BCUT2D eigenvalue weighted by Gasteiger charge is 2.16. The smallest absolute Gasteiger partial charge is 0.198 e. The number of nitrogens with zero attached hydrogens (tertiary/aromatic N) is 1. The first kappa shape index (κ1) is 12.7. The van der Waals surface area contributed by atoms with Crippen molar-refractivity contribution in [3.63, 3.8) is 0 Å². The van der Waals surface area contributed by atoms with Crippen LogP contribution in [0.3, 0.4) is 0 Å². The van der Waals surface area contributed by atoms with E-state index in [0.717, 1.165) is 17.0 Å². The van der Waals surface area contributed by atoms with Gasteiger partial charge in [-0.2, -0.15) is 0 Å². The number of nitrogens with two attached hydrogens (primary N) is 1. The monoisotopic (exact) mass is 243 g/mol. The molecule has 3 nitrogen and oxygen atoms in total. The first-order valence-corrected chi connectivity index (χ1v) is 6.22. The Hall–Kier alpha value is -1.77. The molecule has 0 atom stereocenters. The van der Waals surface area contributed by atoms with E-state index in [2.05, 4.69) is 55.9 Å². The van der Waals surface area contributed by atoms with Gasteiger partial charge in [-0.25, -0.2) is 4.98 Å². The van der Waals surface area contributed by atoms with Crippen molar-refractivity contribution in [2.75, 3.05) is 5.73 Å². The minimum absolute atomic E-state index is 0.170. The molecule has 0 aliphatic rings. The lowest BCUT2D eigenvalue weighted by Gasteiger charge is -2.20. The quantitative estimate of drug-likeness (QED) is 0.804. The fourth-order valence-electron chi connectivity index (χ4n) is 2.14. The molecule has 3 N–H and O–H groups in total. The average Bonchev–Trinajstić information content (AvgIpc) is 2.56. The predicted molar refractivity (Wildman–Crippen MR) is 76.6 cm³/mol. The van der Waals surface area contributed by atoms with Gasteiger partial charge in [-0.3, -0.25) is 0 Å². The first-order chi connectivity index (χ1) is 8.29. The Bertz CT molecular complexity index is 574. The first-order valence-electron chi connectivity index (χ1n) is 6.22. The largest absolute Gasteiger partial charge is 0.369 e. The van der Waals surface area contributed by atoms with Crippen molar-refractivity contribution in [1.82, 2.24) is 9.97 Å². The molecule has 1 heterocycles. The van der Waals surface area contributed by atoms with E-state index >= 15 is 0 Å². The Morgan fingerprint density at radius 1 is 1.17 bits per heavy atom. The molecule has 96 valence electrons. The summed E-state index contributed by atoms with van der Waals surface area (Å²) in [6.07, 6.45) is 0. The molecule has 0 spiro atoms. The van der Waals surface area contributed by atoms with Gasteiger partial charge in [-0.05, 0) is 30.4 Å².